The molecule has 0 spiro atoms. The minimum absolute atomic E-state index is 0.0573. The first-order valence-electron chi connectivity index (χ1n) is 6.95. The number of aromatic hydroxyl groups is 1. The van der Waals surface area contributed by atoms with Gasteiger partial charge in [0.15, 0.2) is 6.61 Å². The molecule has 8 nitrogen and oxygen atoms in total. The number of non-ortho nitro benzene ring substituents is 1. The lowest BCUT2D eigenvalue weighted by molar-refractivity contribution is -0.384. The van der Waals surface area contributed by atoms with E-state index in [0.717, 1.165) is 0 Å². The lowest BCUT2D eigenvalue weighted by Gasteiger charge is -2.06. The SMILES string of the molecule is C/C(=N/NC(=O)COc1ccc([N+](=O)[O-])cc1)c1cccc(O)c1. The van der Waals surface area contributed by atoms with Crippen molar-refractivity contribution in [1.29, 1.82) is 0 Å². The minimum Gasteiger partial charge on any atom is -0.508 e. The highest BCUT2D eigenvalue weighted by Crippen LogP contribution is 2.17. The Morgan fingerprint density at radius 1 is 1.29 bits per heavy atom. The van der Waals surface area contributed by atoms with Gasteiger partial charge in [-0.05, 0) is 31.2 Å². The molecule has 0 aliphatic rings. The molecular weight excluding hydrogens is 314 g/mol. The van der Waals surface area contributed by atoms with Crippen LogP contribution in [0.1, 0.15) is 12.5 Å². The van der Waals surface area contributed by atoms with Gasteiger partial charge in [0.2, 0.25) is 0 Å². The first-order chi connectivity index (χ1) is 11.5. The largest absolute Gasteiger partial charge is 0.508 e. The molecule has 1 amide bonds. The van der Waals surface area contributed by atoms with Crippen LogP contribution < -0.4 is 10.2 Å². The van der Waals surface area contributed by atoms with Gasteiger partial charge < -0.3 is 9.84 Å². The minimum atomic E-state index is -0.518. The number of nitro benzene ring substituents is 1. The molecule has 0 atom stereocenters. The quantitative estimate of drug-likeness (QED) is 0.479. The highest BCUT2D eigenvalue weighted by atomic mass is 16.6. The van der Waals surface area contributed by atoms with Gasteiger partial charge in [-0.15, -0.1) is 0 Å². The summed E-state index contributed by atoms with van der Waals surface area (Å²) >= 11 is 0. The predicted octanol–water partition coefficient (Wildman–Crippen LogP) is 2.22. The van der Waals surface area contributed by atoms with Gasteiger partial charge in [0, 0.05) is 17.7 Å². The molecule has 2 rings (SSSR count). The lowest BCUT2D eigenvalue weighted by atomic mass is 10.1. The number of hydrogen-bond acceptors (Lipinski definition) is 6. The fraction of sp³-hybridized carbons (Fsp3) is 0.125. The molecule has 2 aromatic carbocycles. The second-order valence-electron chi connectivity index (χ2n) is 4.82. The second-order valence-corrected chi connectivity index (χ2v) is 4.82. The number of phenolic OH excluding ortho intramolecular Hbond substituents is 1. The van der Waals surface area contributed by atoms with Crippen LogP contribution in [0.4, 0.5) is 5.69 Å². The van der Waals surface area contributed by atoms with E-state index in [1.807, 2.05) is 0 Å². The average Bonchev–Trinajstić information content (AvgIpc) is 2.58. The van der Waals surface area contributed by atoms with E-state index in [0.29, 0.717) is 17.0 Å². The summed E-state index contributed by atoms with van der Waals surface area (Å²) in [5.41, 5.74) is 3.47. The van der Waals surface area contributed by atoms with Crippen molar-refractivity contribution in [1.82, 2.24) is 5.43 Å². The van der Waals surface area contributed by atoms with Gasteiger partial charge in [0.25, 0.3) is 11.6 Å². The van der Waals surface area contributed by atoms with Gasteiger partial charge >= 0.3 is 0 Å². The van der Waals surface area contributed by atoms with Crippen molar-refractivity contribution in [2.24, 2.45) is 5.10 Å². The van der Waals surface area contributed by atoms with Gasteiger partial charge in [0.05, 0.1) is 10.6 Å². The molecule has 0 unspecified atom stereocenters. The van der Waals surface area contributed by atoms with Crippen LogP contribution in [-0.4, -0.2) is 28.3 Å². The molecule has 0 fully saturated rings. The Kier molecular flexibility index (Phi) is 5.45. The Bertz CT molecular complexity index is 772. The van der Waals surface area contributed by atoms with E-state index in [4.69, 9.17) is 4.74 Å². The Balaban J connectivity index is 1.87. The zero-order chi connectivity index (χ0) is 17.5. The molecule has 0 saturated carbocycles. The van der Waals surface area contributed by atoms with Crippen LogP contribution in [0.25, 0.3) is 0 Å². The Morgan fingerprint density at radius 2 is 2.00 bits per heavy atom. The number of rotatable bonds is 6. The second kappa shape index (κ2) is 7.73. The molecular formula is C16H15N3O5. The maximum absolute atomic E-state index is 11.7. The normalized spacial score (nSPS) is 11.0. The number of carbonyl (C=O) groups excluding carboxylic acids is 1. The number of nitro groups is 1. The van der Waals surface area contributed by atoms with E-state index >= 15 is 0 Å². The van der Waals surface area contributed by atoms with Crippen molar-refractivity contribution < 1.29 is 19.6 Å². The summed E-state index contributed by atoms with van der Waals surface area (Å²) in [7, 11) is 0. The van der Waals surface area contributed by atoms with Crippen molar-refractivity contribution >= 4 is 17.3 Å². The number of nitrogens with zero attached hydrogens (tertiary/aromatic N) is 2. The van der Waals surface area contributed by atoms with Gasteiger partial charge in [0.1, 0.15) is 11.5 Å². The number of benzene rings is 2. The van der Waals surface area contributed by atoms with E-state index in [9.17, 15) is 20.0 Å². The third-order valence-electron chi connectivity index (χ3n) is 3.03. The maximum atomic E-state index is 11.7. The molecule has 0 saturated heterocycles. The van der Waals surface area contributed by atoms with E-state index in [1.165, 1.54) is 36.4 Å². The van der Waals surface area contributed by atoms with E-state index in [-0.39, 0.29) is 18.0 Å². The Morgan fingerprint density at radius 3 is 2.62 bits per heavy atom. The highest BCUT2D eigenvalue weighted by molar-refractivity contribution is 5.99. The number of nitrogens with one attached hydrogen (secondary N) is 1. The topological polar surface area (TPSA) is 114 Å². The number of hydrazone groups is 1. The van der Waals surface area contributed by atoms with E-state index < -0.39 is 10.8 Å². The van der Waals surface area contributed by atoms with Crippen LogP contribution in [0.5, 0.6) is 11.5 Å². The molecule has 2 aromatic rings. The van der Waals surface area contributed by atoms with Crippen molar-refractivity contribution in [2.45, 2.75) is 6.92 Å². The van der Waals surface area contributed by atoms with Gasteiger partial charge in [-0.1, -0.05) is 12.1 Å². The fourth-order valence-corrected chi connectivity index (χ4v) is 1.79. The maximum Gasteiger partial charge on any atom is 0.277 e. The molecule has 2 N–H and O–H groups in total. The van der Waals surface area contributed by atoms with Gasteiger partial charge in [-0.25, -0.2) is 5.43 Å². The van der Waals surface area contributed by atoms with Gasteiger partial charge in [-0.2, -0.15) is 5.10 Å². The summed E-state index contributed by atoms with van der Waals surface area (Å²) in [4.78, 5) is 21.7. The monoisotopic (exact) mass is 329 g/mol. The number of carbonyl (C=O) groups is 1. The van der Waals surface area contributed by atoms with E-state index in [2.05, 4.69) is 10.5 Å². The van der Waals surface area contributed by atoms with Crippen LogP contribution in [0.3, 0.4) is 0 Å². The molecule has 124 valence electrons. The highest BCUT2D eigenvalue weighted by Gasteiger charge is 2.06. The first-order valence-corrected chi connectivity index (χ1v) is 6.95. The summed E-state index contributed by atoms with van der Waals surface area (Å²) in [5.74, 6) is -0.0350. The molecule has 0 aromatic heterocycles. The van der Waals surface area contributed by atoms with Crippen LogP contribution in [0.15, 0.2) is 53.6 Å². The van der Waals surface area contributed by atoms with Crippen molar-refractivity contribution in [2.75, 3.05) is 6.61 Å². The third kappa shape index (κ3) is 4.80. The van der Waals surface area contributed by atoms with Gasteiger partial charge in [-0.3, -0.25) is 14.9 Å². The van der Waals surface area contributed by atoms with Crippen molar-refractivity contribution in [3.63, 3.8) is 0 Å². The van der Waals surface area contributed by atoms with Crippen LogP contribution in [-0.2, 0) is 4.79 Å². The average molecular weight is 329 g/mol. The summed E-state index contributed by atoms with van der Waals surface area (Å²) in [6.07, 6.45) is 0. The molecule has 0 aliphatic heterocycles. The molecule has 0 radical (unpaired) electrons. The molecule has 0 aliphatic carbocycles. The standard InChI is InChI=1S/C16H15N3O5/c1-11(12-3-2-4-14(20)9-12)17-18-16(21)10-24-15-7-5-13(6-8-15)19(22)23/h2-9,20H,10H2,1H3,(H,18,21)/b17-11-. The molecule has 8 heteroatoms. The summed E-state index contributed by atoms with van der Waals surface area (Å²) < 4.78 is 5.22. The predicted molar refractivity (Wildman–Crippen MR) is 87.1 cm³/mol. The fourth-order valence-electron chi connectivity index (χ4n) is 1.79. The first kappa shape index (κ1) is 16.9. The zero-order valence-electron chi connectivity index (χ0n) is 12.8. The van der Waals surface area contributed by atoms with Crippen LogP contribution >= 0.6 is 0 Å². The summed E-state index contributed by atoms with van der Waals surface area (Å²) in [6, 6.07) is 11.9. The molecule has 0 bridgehead atoms. The van der Waals surface area contributed by atoms with Crippen LogP contribution in [0.2, 0.25) is 0 Å². The summed E-state index contributed by atoms with van der Waals surface area (Å²) in [5, 5.41) is 23.9. The van der Waals surface area contributed by atoms with Crippen molar-refractivity contribution in [3.05, 3.63) is 64.2 Å². The Hall–Kier alpha value is -3.42. The summed E-state index contributed by atoms with van der Waals surface area (Å²) in [6.45, 7) is 1.40. The smallest absolute Gasteiger partial charge is 0.277 e. The lowest BCUT2D eigenvalue weighted by Crippen LogP contribution is -2.25. The number of hydrogen-bond donors (Lipinski definition) is 2. The third-order valence-corrected chi connectivity index (χ3v) is 3.03. The molecule has 0 heterocycles. The van der Waals surface area contributed by atoms with E-state index in [1.54, 1.807) is 19.1 Å². The Labute approximate surface area is 137 Å². The van der Waals surface area contributed by atoms with Crippen molar-refractivity contribution in [3.8, 4) is 11.5 Å². The molecule has 24 heavy (non-hydrogen) atoms. The van der Waals surface area contributed by atoms with Crippen LogP contribution in [0, 0.1) is 10.1 Å². The zero-order valence-corrected chi connectivity index (χ0v) is 12.8. The number of ether oxygens (including phenoxy) is 1. The number of phenols is 1. The number of amides is 1.